The van der Waals surface area contributed by atoms with Crippen LogP contribution in [0.2, 0.25) is 5.02 Å². The summed E-state index contributed by atoms with van der Waals surface area (Å²) < 4.78 is 4.66. The Hall–Kier alpha value is -2.64. The normalized spacial score (nSPS) is 18.0. The van der Waals surface area contributed by atoms with E-state index in [1.54, 1.807) is 48.5 Å². The first kappa shape index (κ1) is 19.1. The Morgan fingerprint density at radius 1 is 1.15 bits per heavy atom. The number of methoxy groups -OCH3 is 1. The summed E-state index contributed by atoms with van der Waals surface area (Å²) in [5, 5.41) is -0.237. The number of carbonyl (C=O) groups excluding carboxylic acids is 3. The van der Waals surface area contributed by atoms with Crippen LogP contribution in [0, 0.1) is 0 Å². The van der Waals surface area contributed by atoms with Crippen molar-refractivity contribution in [3.8, 4) is 0 Å². The van der Waals surface area contributed by atoms with Gasteiger partial charge >= 0.3 is 5.97 Å². The summed E-state index contributed by atoms with van der Waals surface area (Å²) in [6.45, 7) is 0. The zero-order valence-corrected chi connectivity index (χ0v) is 15.9. The van der Waals surface area contributed by atoms with Crippen LogP contribution in [-0.2, 0) is 14.3 Å². The number of hydrogen-bond acceptors (Lipinski definition) is 5. The number of halogens is 1. The predicted molar refractivity (Wildman–Crippen MR) is 105 cm³/mol. The van der Waals surface area contributed by atoms with Crippen LogP contribution in [-0.4, -0.2) is 35.3 Å². The van der Waals surface area contributed by atoms with E-state index < -0.39 is 17.1 Å². The fraction of sp³-hybridized carbons (Fsp3) is 0.158. The second-order valence-corrected chi connectivity index (χ2v) is 7.15. The van der Waals surface area contributed by atoms with Crippen LogP contribution in [0.3, 0.4) is 0 Å². The van der Waals surface area contributed by atoms with Gasteiger partial charge in [0.1, 0.15) is 5.25 Å². The van der Waals surface area contributed by atoms with Crippen molar-refractivity contribution in [1.82, 2.24) is 0 Å². The molecule has 1 saturated heterocycles. The van der Waals surface area contributed by atoms with Gasteiger partial charge in [-0.25, -0.2) is 0 Å². The number of ether oxygens (including phenoxy) is 1. The number of nitrogens with zero attached hydrogens (tertiary/aromatic N) is 2. The Morgan fingerprint density at radius 2 is 1.81 bits per heavy atom. The van der Waals surface area contributed by atoms with Crippen molar-refractivity contribution in [3.05, 3.63) is 65.2 Å². The van der Waals surface area contributed by atoms with Gasteiger partial charge in [0.25, 0.3) is 5.91 Å². The number of amidine groups is 1. The van der Waals surface area contributed by atoms with Gasteiger partial charge < -0.3 is 4.74 Å². The highest BCUT2D eigenvalue weighted by molar-refractivity contribution is 8.16. The molecular weight excluding hydrogens is 388 g/mol. The van der Waals surface area contributed by atoms with Gasteiger partial charge in [-0.05, 0) is 24.3 Å². The second kappa shape index (κ2) is 8.37. The summed E-state index contributed by atoms with van der Waals surface area (Å²) in [5.41, 5.74) is 0.803. The van der Waals surface area contributed by atoms with E-state index in [-0.39, 0.29) is 28.1 Å². The first-order valence-electron chi connectivity index (χ1n) is 8.01. The van der Waals surface area contributed by atoms with E-state index in [9.17, 15) is 14.4 Å². The lowest BCUT2D eigenvalue weighted by Crippen LogP contribution is -2.33. The fourth-order valence-electron chi connectivity index (χ4n) is 2.51. The lowest BCUT2D eigenvalue weighted by molar-refractivity contribution is -0.141. The van der Waals surface area contributed by atoms with E-state index >= 15 is 0 Å². The third kappa shape index (κ3) is 4.20. The summed E-state index contributed by atoms with van der Waals surface area (Å²) in [6, 6.07) is 15.4. The minimum atomic E-state index is -0.713. The number of esters is 1. The van der Waals surface area contributed by atoms with Gasteiger partial charge in [0.05, 0.1) is 29.8 Å². The van der Waals surface area contributed by atoms with Crippen LogP contribution in [0.25, 0.3) is 0 Å². The molecule has 0 N–H and O–H groups in total. The number of amides is 2. The molecule has 3 rings (SSSR count). The highest BCUT2D eigenvalue weighted by Gasteiger charge is 2.40. The van der Waals surface area contributed by atoms with Gasteiger partial charge in [0.2, 0.25) is 5.91 Å². The molecule has 0 bridgehead atoms. The van der Waals surface area contributed by atoms with Crippen molar-refractivity contribution in [1.29, 1.82) is 0 Å². The zero-order valence-electron chi connectivity index (χ0n) is 14.3. The molecule has 1 aliphatic heterocycles. The number of aliphatic imine (C=N–C) groups is 1. The van der Waals surface area contributed by atoms with Crippen LogP contribution in [0.15, 0.2) is 59.6 Å². The number of thioether (sulfide) groups is 1. The quantitative estimate of drug-likeness (QED) is 0.731. The maximum atomic E-state index is 12.8. The SMILES string of the molecule is COC(=O)CC1SC(=NC(=O)c2ccccc2Cl)N(c2ccccc2)C1=O. The largest absolute Gasteiger partial charge is 0.469 e. The van der Waals surface area contributed by atoms with Gasteiger partial charge in [0.15, 0.2) is 5.17 Å². The van der Waals surface area contributed by atoms with Crippen molar-refractivity contribution in [2.45, 2.75) is 11.7 Å². The highest BCUT2D eigenvalue weighted by Crippen LogP contribution is 2.34. The molecular formula is C19H15ClN2O4S. The molecule has 1 fully saturated rings. The molecule has 1 unspecified atom stereocenters. The van der Waals surface area contributed by atoms with Crippen molar-refractivity contribution < 1.29 is 19.1 Å². The number of para-hydroxylation sites is 1. The average molecular weight is 403 g/mol. The lowest BCUT2D eigenvalue weighted by atomic mass is 10.2. The Labute approximate surface area is 165 Å². The van der Waals surface area contributed by atoms with E-state index in [0.29, 0.717) is 5.69 Å². The third-order valence-corrected chi connectivity index (χ3v) is 5.30. The fourth-order valence-corrected chi connectivity index (χ4v) is 3.84. The van der Waals surface area contributed by atoms with Crippen molar-refractivity contribution in [2.24, 2.45) is 4.99 Å². The Bertz CT molecular complexity index is 917. The molecule has 6 nitrogen and oxygen atoms in total. The first-order valence-corrected chi connectivity index (χ1v) is 9.27. The van der Waals surface area contributed by atoms with E-state index in [4.69, 9.17) is 11.6 Å². The van der Waals surface area contributed by atoms with Crippen molar-refractivity contribution in [3.63, 3.8) is 0 Å². The zero-order chi connectivity index (χ0) is 19.4. The Balaban J connectivity index is 1.97. The maximum Gasteiger partial charge on any atom is 0.307 e. The van der Waals surface area contributed by atoms with E-state index in [1.165, 1.54) is 12.0 Å². The number of benzene rings is 2. The number of carbonyl (C=O) groups is 3. The Morgan fingerprint density at radius 3 is 2.48 bits per heavy atom. The standard InChI is InChI=1S/C19H15ClN2O4S/c1-26-16(23)11-15-18(25)22(12-7-3-2-4-8-12)19(27-15)21-17(24)13-9-5-6-10-14(13)20/h2-10,15H,11H2,1H3. The molecule has 2 aromatic rings. The molecule has 8 heteroatoms. The average Bonchev–Trinajstić information content (AvgIpc) is 2.97. The van der Waals surface area contributed by atoms with Crippen molar-refractivity contribution >= 4 is 52.0 Å². The minimum absolute atomic E-state index is 0.108. The number of rotatable bonds is 4. The summed E-state index contributed by atoms with van der Waals surface area (Å²) >= 11 is 7.12. The topological polar surface area (TPSA) is 76.0 Å². The van der Waals surface area contributed by atoms with Crippen LogP contribution in [0.1, 0.15) is 16.8 Å². The number of anilines is 1. The van der Waals surface area contributed by atoms with Gasteiger partial charge in [-0.15, -0.1) is 0 Å². The molecule has 2 aromatic carbocycles. The lowest BCUT2D eigenvalue weighted by Gasteiger charge is -2.16. The molecule has 0 aliphatic carbocycles. The van der Waals surface area contributed by atoms with Gasteiger partial charge in [-0.1, -0.05) is 53.7 Å². The molecule has 0 radical (unpaired) electrons. The van der Waals surface area contributed by atoms with Crippen LogP contribution in [0.5, 0.6) is 0 Å². The van der Waals surface area contributed by atoms with Crippen LogP contribution in [0.4, 0.5) is 5.69 Å². The molecule has 0 aromatic heterocycles. The Kier molecular flexibility index (Phi) is 5.93. The van der Waals surface area contributed by atoms with Gasteiger partial charge in [0, 0.05) is 0 Å². The summed E-state index contributed by atoms with van der Waals surface area (Å²) in [7, 11) is 1.26. The highest BCUT2D eigenvalue weighted by atomic mass is 35.5. The third-order valence-electron chi connectivity index (χ3n) is 3.83. The van der Waals surface area contributed by atoms with E-state index in [1.807, 2.05) is 6.07 Å². The number of hydrogen-bond donors (Lipinski definition) is 0. The molecule has 27 heavy (non-hydrogen) atoms. The van der Waals surface area contributed by atoms with E-state index in [0.717, 1.165) is 11.8 Å². The summed E-state index contributed by atoms with van der Waals surface area (Å²) in [6.07, 6.45) is -0.108. The molecule has 0 saturated carbocycles. The first-order chi connectivity index (χ1) is 13.0. The molecule has 2 amide bonds. The monoisotopic (exact) mass is 402 g/mol. The smallest absolute Gasteiger partial charge is 0.307 e. The molecule has 138 valence electrons. The van der Waals surface area contributed by atoms with Crippen LogP contribution >= 0.6 is 23.4 Å². The minimum Gasteiger partial charge on any atom is -0.469 e. The van der Waals surface area contributed by atoms with Gasteiger partial charge in [-0.2, -0.15) is 4.99 Å². The molecule has 1 aliphatic rings. The summed E-state index contributed by atoms with van der Waals surface area (Å²) in [4.78, 5) is 42.5. The van der Waals surface area contributed by atoms with Gasteiger partial charge in [-0.3, -0.25) is 19.3 Å². The van der Waals surface area contributed by atoms with E-state index in [2.05, 4.69) is 9.73 Å². The molecule has 0 spiro atoms. The molecule has 1 atom stereocenters. The van der Waals surface area contributed by atoms with Crippen molar-refractivity contribution in [2.75, 3.05) is 12.0 Å². The second-order valence-electron chi connectivity index (χ2n) is 5.58. The predicted octanol–water partition coefficient (Wildman–Crippen LogP) is 3.55. The van der Waals surface area contributed by atoms with Crippen LogP contribution < -0.4 is 4.90 Å². The summed E-state index contributed by atoms with van der Waals surface area (Å²) in [5.74, 6) is -1.40. The molecule has 1 heterocycles. The maximum absolute atomic E-state index is 12.8.